The number of aryl methyl sites for hydroxylation is 2. The van der Waals surface area contributed by atoms with Gasteiger partial charge in [-0.2, -0.15) is 0 Å². The fourth-order valence-corrected chi connectivity index (χ4v) is 5.00. The van der Waals surface area contributed by atoms with Crippen LogP contribution in [0.3, 0.4) is 0 Å². The standard InChI is InChI=1S/C27H26N2O4S/c1-4-18-10-8-9-17(3)25(18)28-24(30)16-29-21-15-19(27(32)33-5-2)13-14-23(21)34-22-12-7-6-11-20(22)26(29)31/h6-15H,4-5,16H2,1-3H3,(H,28,30). The number of para-hydroxylation sites is 1. The van der Waals surface area contributed by atoms with Crippen LogP contribution in [-0.4, -0.2) is 30.9 Å². The third-order valence-electron chi connectivity index (χ3n) is 5.65. The second-order valence-electron chi connectivity index (χ2n) is 7.90. The number of nitrogens with one attached hydrogen (secondary N) is 1. The minimum atomic E-state index is -0.471. The molecule has 6 nitrogen and oxygen atoms in total. The van der Waals surface area contributed by atoms with Crippen LogP contribution in [0.15, 0.2) is 70.5 Å². The normalized spacial score (nSPS) is 12.4. The van der Waals surface area contributed by atoms with Crippen LogP contribution in [0.25, 0.3) is 0 Å². The first-order valence-corrected chi connectivity index (χ1v) is 12.0. The Morgan fingerprint density at radius 2 is 1.79 bits per heavy atom. The average Bonchev–Trinajstić information content (AvgIpc) is 2.95. The van der Waals surface area contributed by atoms with Crippen molar-refractivity contribution in [3.8, 4) is 0 Å². The molecule has 34 heavy (non-hydrogen) atoms. The van der Waals surface area contributed by atoms with E-state index in [0.717, 1.165) is 33.0 Å². The molecule has 1 heterocycles. The van der Waals surface area contributed by atoms with Crippen LogP contribution in [0.1, 0.15) is 45.7 Å². The van der Waals surface area contributed by atoms with Gasteiger partial charge in [0.2, 0.25) is 5.91 Å². The van der Waals surface area contributed by atoms with Crippen molar-refractivity contribution in [3.63, 3.8) is 0 Å². The third kappa shape index (κ3) is 4.70. The lowest BCUT2D eigenvalue weighted by Crippen LogP contribution is -2.38. The van der Waals surface area contributed by atoms with E-state index in [0.29, 0.717) is 16.8 Å². The highest BCUT2D eigenvalue weighted by atomic mass is 32.2. The van der Waals surface area contributed by atoms with E-state index in [1.165, 1.54) is 16.7 Å². The summed E-state index contributed by atoms with van der Waals surface area (Å²) in [4.78, 5) is 42.2. The molecule has 0 bridgehead atoms. The lowest BCUT2D eigenvalue weighted by Gasteiger charge is -2.23. The molecule has 0 unspecified atom stereocenters. The number of rotatable bonds is 6. The summed E-state index contributed by atoms with van der Waals surface area (Å²) in [7, 11) is 0. The molecular formula is C27H26N2O4S. The zero-order valence-corrected chi connectivity index (χ0v) is 20.2. The Balaban J connectivity index is 1.73. The summed E-state index contributed by atoms with van der Waals surface area (Å²) in [6, 6.07) is 18.3. The molecule has 1 aliphatic rings. The molecule has 0 aromatic heterocycles. The number of carbonyl (C=O) groups excluding carboxylic acids is 3. The van der Waals surface area contributed by atoms with Crippen LogP contribution in [0.4, 0.5) is 11.4 Å². The predicted molar refractivity (Wildman–Crippen MR) is 134 cm³/mol. The van der Waals surface area contributed by atoms with E-state index in [1.807, 2.05) is 44.2 Å². The number of fused-ring (bicyclic) bond motifs is 2. The van der Waals surface area contributed by atoms with Gasteiger partial charge in [-0.25, -0.2) is 4.79 Å². The van der Waals surface area contributed by atoms with E-state index in [1.54, 1.807) is 37.3 Å². The van der Waals surface area contributed by atoms with Crippen molar-refractivity contribution in [1.82, 2.24) is 0 Å². The molecule has 0 atom stereocenters. The fraction of sp³-hybridized carbons (Fsp3) is 0.222. The van der Waals surface area contributed by atoms with E-state index in [9.17, 15) is 14.4 Å². The van der Waals surface area contributed by atoms with Crippen LogP contribution in [0.5, 0.6) is 0 Å². The van der Waals surface area contributed by atoms with Crippen molar-refractivity contribution >= 4 is 40.9 Å². The largest absolute Gasteiger partial charge is 0.462 e. The fourth-order valence-electron chi connectivity index (χ4n) is 3.94. The second-order valence-corrected chi connectivity index (χ2v) is 8.99. The third-order valence-corrected chi connectivity index (χ3v) is 6.79. The van der Waals surface area contributed by atoms with E-state index >= 15 is 0 Å². The zero-order chi connectivity index (χ0) is 24.2. The van der Waals surface area contributed by atoms with Gasteiger partial charge >= 0.3 is 5.97 Å². The quantitative estimate of drug-likeness (QED) is 0.479. The summed E-state index contributed by atoms with van der Waals surface area (Å²) < 4.78 is 5.14. The molecule has 1 aliphatic heterocycles. The molecule has 0 saturated heterocycles. The molecule has 3 aromatic carbocycles. The summed E-state index contributed by atoms with van der Waals surface area (Å²) >= 11 is 1.44. The Morgan fingerprint density at radius 3 is 2.56 bits per heavy atom. The molecule has 174 valence electrons. The molecule has 4 rings (SSSR count). The van der Waals surface area contributed by atoms with Crippen molar-refractivity contribution in [3.05, 3.63) is 82.9 Å². The molecule has 0 fully saturated rings. The molecule has 0 spiro atoms. The Kier molecular flexibility index (Phi) is 7.03. The van der Waals surface area contributed by atoms with Crippen molar-refractivity contribution in [2.45, 2.75) is 37.0 Å². The summed E-state index contributed by atoms with van der Waals surface area (Å²) in [5, 5.41) is 3.00. The van der Waals surface area contributed by atoms with Gasteiger partial charge in [0, 0.05) is 15.5 Å². The minimum absolute atomic E-state index is 0.190. The zero-order valence-electron chi connectivity index (χ0n) is 19.4. The van der Waals surface area contributed by atoms with Gasteiger partial charge in [-0.3, -0.25) is 14.5 Å². The van der Waals surface area contributed by atoms with Crippen molar-refractivity contribution in [2.75, 3.05) is 23.4 Å². The number of hydrogen-bond acceptors (Lipinski definition) is 5. The summed E-state index contributed by atoms with van der Waals surface area (Å²) in [5.41, 5.74) is 4.11. The first-order valence-electron chi connectivity index (χ1n) is 11.2. The number of anilines is 2. The molecule has 3 aromatic rings. The van der Waals surface area contributed by atoms with Crippen molar-refractivity contribution in [2.24, 2.45) is 0 Å². The molecule has 0 radical (unpaired) electrons. The number of benzene rings is 3. The SMILES string of the molecule is CCOC(=O)c1ccc2c(c1)N(CC(=O)Nc1c(C)cccc1CC)C(=O)c1ccccc1S2. The van der Waals surface area contributed by atoms with Crippen LogP contribution in [0, 0.1) is 6.92 Å². The lowest BCUT2D eigenvalue weighted by atomic mass is 10.1. The topological polar surface area (TPSA) is 75.7 Å². The van der Waals surface area contributed by atoms with Gasteiger partial charge < -0.3 is 10.1 Å². The molecule has 0 aliphatic carbocycles. The number of carbonyl (C=O) groups is 3. The Labute approximate surface area is 203 Å². The number of hydrogen-bond donors (Lipinski definition) is 1. The van der Waals surface area contributed by atoms with E-state index in [2.05, 4.69) is 5.32 Å². The second kappa shape index (κ2) is 10.1. The molecular weight excluding hydrogens is 448 g/mol. The summed E-state index contributed by atoms with van der Waals surface area (Å²) in [5.74, 6) is -1.07. The molecule has 2 amide bonds. The number of ether oxygens (including phenoxy) is 1. The maximum absolute atomic E-state index is 13.6. The first kappa shape index (κ1) is 23.6. The maximum atomic E-state index is 13.6. The summed E-state index contributed by atoms with van der Waals surface area (Å²) in [6.45, 7) is 5.77. The number of amides is 2. The Morgan fingerprint density at radius 1 is 1.00 bits per heavy atom. The van der Waals surface area contributed by atoms with E-state index < -0.39 is 5.97 Å². The van der Waals surface area contributed by atoms with Gasteiger partial charge in [-0.05, 0) is 61.7 Å². The molecule has 1 N–H and O–H groups in total. The average molecular weight is 475 g/mol. The predicted octanol–water partition coefficient (Wildman–Crippen LogP) is 5.48. The van der Waals surface area contributed by atoms with Crippen molar-refractivity contribution in [1.29, 1.82) is 0 Å². The van der Waals surface area contributed by atoms with Crippen LogP contribution in [0.2, 0.25) is 0 Å². The van der Waals surface area contributed by atoms with Crippen molar-refractivity contribution < 1.29 is 19.1 Å². The maximum Gasteiger partial charge on any atom is 0.338 e. The Bertz CT molecular complexity index is 1270. The van der Waals surface area contributed by atoms with Gasteiger partial charge in [-0.1, -0.05) is 49.0 Å². The van der Waals surface area contributed by atoms with Gasteiger partial charge in [0.25, 0.3) is 5.91 Å². The first-order chi connectivity index (χ1) is 16.4. The lowest BCUT2D eigenvalue weighted by molar-refractivity contribution is -0.114. The van der Waals surface area contributed by atoms with E-state index in [-0.39, 0.29) is 25.0 Å². The number of esters is 1. The highest BCUT2D eigenvalue weighted by Gasteiger charge is 2.30. The van der Waals surface area contributed by atoms with Gasteiger partial charge in [0.05, 0.1) is 23.4 Å². The molecule has 0 saturated carbocycles. The van der Waals surface area contributed by atoms with Gasteiger partial charge in [0.15, 0.2) is 0 Å². The van der Waals surface area contributed by atoms with E-state index in [4.69, 9.17) is 4.74 Å². The minimum Gasteiger partial charge on any atom is -0.462 e. The molecule has 7 heteroatoms. The van der Waals surface area contributed by atoms with Crippen LogP contribution >= 0.6 is 11.8 Å². The highest BCUT2D eigenvalue weighted by Crippen LogP contribution is 2.41. The highest BCUT2D eigenvalue weighted by molar-refractivity contribution is 7.99. The Hall–Kier alpha value is -3.58. The van der Waals surface area contributed by atoms with Crippen LogP contribution < -0.4 is 10.2 Å². The number of nitrogens with zero attached hydrogens (tertiary/aromatic N) is 1. The summed E-state index contributed by atoms with van der Waals surface area (Å²) in [6.07, 6.45) is 0.773. The monoisotopic (exact) mass is 474 g/mol. The van der Waals surface area contributed by atoms with Gasteiger partial charge in [0.1, 0.15) is 6.54 Å². The van der Waals surface area contributed by atoms with Gasteiger partial charge in [-0.15, -0.1) is 0 Å². The van der Waals surface area contributed by atoms with Crippen LogP contribution in [-0.2, 0) is 16.0 Å². The smallest absolute Gasteiger partial charge is 0.338 e.